The number of hydrogen-bond donors (Lipinski definition) is 0. The Bertz CT molecular complexity index is 721. The van der Waals surface area contributed by atoms with Gasteiger partial charge in [0.2, 0.25) is 0 Å². The fourth-order valence-corrected chi connectivity index (χ4v) is 3.00. The lowest BCUT2D eigenvalue weighted by molar-refractivity contribution is 0.487. The highest BCUT2D eigenvalue weighted by Crippen LogP contribution is 2.38. The summed E-state index contributed by atoms with van der Waals surface area (Å²) in [6, 6.07) is 2.47. The lowest BCUT2D eigenvalue weighted by atomic mass is 10.1. The van der Waals surface area contributed by atoms with Gasteiger partial charge in [-0.15, -0.1) is 0 Å². The van der Waals surface area contributed by atoms with Crippen LogP contribution in [0.3, 0.4) is 0 Å². The molecule has 0 aromatic carbocycles. The van der Waals surface area contributed by atoms with E-state index < -0.39 is 0 Å². The Kier molecular flexibility index (Phi) is 3.39. The van der Waals surface area contributed by atoms with Crippen molar-refractivity contribution in [2.45, 2.75) is 38.6 Å². The maximum absolute atomic E-state index is 4.74. The molecule has 2 fully saturated rings. The molecule has 0 N–H and O–H groups in total. The van der Waals surface area contributed by atoms with Crippen molar-refractivity contribution in [1.82, 2.24) is 19.9 Å². The van der Waals surface area contributed by atoms with E-state index >= 15 is 0 Å². The first-order valence-corrected chi connectivity index (χ1v) is 8.22. The van der Waals surface area contributed by atoms with Gasteiger partial charge in [0.15, 0.2) is 0 Å². The van der Waals surface area contributed by atoms with E-state index in [1.165, 1.54) is 18.4 Å². The van der Waals surface area contributed by atoms with Crippen molar-refractivity contribution in [2.24, 2.45) is 0 Å². The summed E-state index contributed by atoms with van der Waals surface area (Å²) in [5, 5.41) is 0. The second kappa shape index (κ2) is 5.44. The number of nitrogens with zero attached hydrogens (tertiary/aromatic N) is 6. The van der Waals surface area contributed by atoms with Gasteiger partial charge < -0.3 is 9.80 Å². The van der Waals surface area contributed by atoms with Crippen molar-refractivity contribution in [1.29, 1.82) is 0 Å². The zero-order chi connectivity index (χ0) is 16.0. The first-order valence-electron chi connectivity index (χ1n) is 8.22. The SMILES string of the molecule is Cc1ncnc(N2CC(N(C)c3ccnc(C4CC4)n3)C2)c1C. The summed E-state index contributed by atoms with van der Waals surface area (Å²) in [7, 11) is 2.12. The van der Waals surface area contributed by atoms with Crippen LogP contribution in [0.15, 0.2) is 18.6 Å². The lowest BCUT2D eigenvalue weighted by Gasteiger charge is -2.45. The minimum Gasteiger partial charge on any atom is -0.353 e. The molecule has 2 aromatic heterocycles. The molecule has 1 saturated carbocycles. The van der Waals surface area contributed by atoms with E-state index in [4.69, 9.17) is 4.98 Å². The molecule has 1 saturated heterocycles. The molecular formula is C17H22N6. The van der Waals surface area contributed by atoms with E-state index in [2.05, 4.69) is 38.7 Å². The van der Waals surface area contributed by atoms with Gasteiger partial charge in [0.05, 0.1) is 6.04 Å². The van der Waals surface area contributed by atoms with Gasteiger partial charge in [-0.2, -0.15) is 0 Å². The van der Waals surface area contributed by atoms with E-state index in [1.807, 2.05) is 19.2 Å². The van der Waals surface area contributed by atoms with Crippen LogP contribution in [0.4, 0.5) is 11.6 Å². The maximum Gasteiger partial charge on any atom is 0.135 e. The van der Waals surface area contributed by atoms with Gasteiger partial charge in [0.25, 0.3) is 0 Å². The normalized spacial score (nSPS) is 18.0. The number of aryl methyl sites for hydroxylation is 1. The molecule has 0 bridgehead atoms. The van der Waals surface area contributed by atoms with E-state index in [1.54, 1.807) is 6.33 Å². The van der Waals surface area contributed by atoms with Crippen LogP contribution in [-0.4, -0.2) is 46.1 Å². The number of anilines is 2. The Morgan fingerprint density at radius 3 is 2.65 bits per heavy atom. The van der Waals surface area contributed by atoms with Gasteiger partial charge in [-0.3, -0.25) is 0 Å². The number of aromatic nitrogens is 4. The van der Waals surface area contributed by atoms with Crippen LogP contribution < -0.4 is 9.80 Å². The van der Waals surface area contributed by atoms with E-state index in [9.17, 15) is 0 Å². The van der Waals surface area contributed by atoms with Crippen molar-refractivity contribution in [2.75, 3.05) is 29.9 Å². The predicted octanol–water partition coefficient (Wildman–Crippen LogP) is 2.09. The molecule has 0 spiro atoms. The van der Waals surface area contributed by atoms with Crippen molar-refractivity contribution in [3.05, 3.63) is 35.7 Å². The minimum absolute atomic E-state index is 0.464. The van der Waals surface area contributed by atoms with Gasteiger partial charge in [0, 0.05) is 43.5 Å². The lowest BCUT2D eigenvalue weighted by Crippen LogP contribution is -2.59. The molecular weight excluding hydrogens is 288 g/mol. The molecule has 0 amide bonds. The Balaban J connectivity index is 1.45. The summed E-state index contributed by atoms with van der Waals surface area (Å²) in [6.45, 7) is 6.06. The van der Waals surface area contributed by atoms with Crippen molar-refractivity contribution in [3.63, 3.8) is 0 Å². The summed E-state index contributed by atoms with van der Waals surface area (Å²) in [4.78, 5) is 22.4. The van der Waals surface area contributed by atoms with Gasteiger partial charge in [-0.25, -0.2) is 19.9 Å². The Morgan fingerprint density at radius 1 is 1.13 bits per heavy atom. The fourth-order valence-electron chi connectivity index (χ4n) is 3.00. The van der Waals surface area contributed by atoms with Gasteiger partial charge >= 0.3 is 0 Å². The molecule has 6 heteroatoms. The molecule has 3 heterocycles. The summed E-state index contributed by atoms with van der Waals surface area (Å²) in [5.41, 5.74) is 2.23. The molecule has 1 aliphatic carbocycles. The summed E-state index contributed by atoms with van der Waals surface area (Å²) >= 11 is 0. The standard InChI is InChI=1S/C17H22N6/c1-11-12(2)19-10-20-17(11)23-8-14(9-23)22(3)15-6-7-18-16(21-15)13-4-5-13/h6-7,10,13-14H,4-5,8-9H2,1-3H3. The van der Waals surface area contributed by atoms with Crippen LogP contribution in [-0.2, 0) is 0 Å². The molecule has 4 rings (SSSR count). The molecule has 0 atom stereocenters. The van der Waals surface area contributed by atoms with Crippen LogP contribution in [0.25, 0.3) is 0 Å². The molecule has 0 unspecified atom stereocenters. The van der Waals surface area contributed by atoms with Crippen LogP contribution in [0.1, 0.15) is 35.8 Å². The van der Waals surface area contributed by atoms with Crippen LogP contribution in [0.2, 0.25) is 0 Å². The fraction of sp³-hybridized carbons (Fsp3) is 0.529. The molecule has 23 heavy (non-hydrogen) atoms. The molecule has 1 aliphatic heterocycles. The van der Waals surface area contributed by atoms with Gasteiger partial charge in [0.1, 0.15) is 23.8 Å². The van der Waals surface area contributed by atoms with Gasteiger partial charge in [-0.1, -0.05) is 0 Å². The predicted molar refractivity (Wildman–Crippen MR) is 89.9 cm³/mol. The van der Waals surface area contributed by atoms with E-state index in [0.717, 1.165) is 36.2 Å². The van der Waals surface area contributed by atoms with E-state index in [-0.39, 0.29) is 0 Å². The maximum atomic E-state index is 4.74. The second-order valence-corrected chi connectivity index (χ2v) is 6.62. The van der Waals surface area contributed by atoms with Crippen molar-refractivity contribution >= 4 is 11.6 Å². The molecule has 2 aliphatic rings. The number of likely N-dealkylation sites (N-methyl/N-ethyl adjacent to an activating group) is 1. The van der Waals surface area contributed by atoms with Crippen LogP contribution >= 0.6 is 0 Å². The highest BCUT2D eigenvalue weighted by atomic mass is 15.3. The summed E-state index contributed by atoms with van der Waals surface area (Å²) in [5.74, 6) is 3.69. The first-order chi connectivity index (χ1) is 11.1. The summed E-state index contributed by atoms with van der Waals surface area (Å²) < 4.78 is 0. The zero-order valence-corrected chi connectivity index (χ0v) is 13.9. The van der Waals surface area contributed by atoms with Crippen molar-refractivity contribution in [3.8, 4) is 0 Å². The third kappa shape index (κ3) is 2.62. The molecule has 120 valence electrons. The third-order valence-corrected chi connectivity index (χ3v) is 4.98. The van der Waals surface area contributed by atoms with Crippen molar-refractivity contribution < 1.29 is 0 Å². The molecule has 0 radical (unpaired) electrons. The number of rotatable bonds is 4. The molecule has 2 aromatic rings. The Morgan fingerprint density at radius 2 is 1.91 bits per heavy atom. The molecule has 6 nitrogen and oxygen atoms in total. The Hall–Kier alpha value is -2.24. The van der Waals surface area contributed by atoms with Crippen LogP contribution in [0.5, 0.6) is 0 Å². The Labute approximate surface area is 136 Å². The van der Waals surface area contributed by atoms with Gasteiger partial charge in [-0.05, 0) is 32.8 Å². The topological polar surface area (TPSA) is 58.0 Å². The third-order valence-electron chi connectivity index (χ3n) is 4.98. The largest absolute Gasteiger partial charge is 0.353 e. The summed E-state index contributed by atoms with van der Waals surface area (Å²) in [6.07, 6.45) is 6.01. The quantitative estimate of drug-likeness (QED) is 0.862. The zero-order valence-electron chi connectivity index (χ0n) is 13.9. The van der Waals surface area contributed by atoms with E-state index in [0.29, 0.717) is 12.0 Å². The smallest absolute Gasteiger partial charge is 0.135 e. The monoisotopic (exact) mass is 310 g/mol. The number of hydrogen-bond acceptors (Lipinski definition) is 6. The first kappa shape index (κ1) is 14.4. The highest BCUT2D eigenvalue weighted by Gasteiger charge is 2.33. The average Bonchev–Trinajstić information content (AvgIpc) is 3.35. The second-order valence-electron chi connectivity index (χ2n) is 6.62. The highest BCUT2D eigenvalue weighted by molar-refractivity contribution is 5.52. The minimum atomic E-state index is 0.464. The van der Waals surface area contributed by atoms with Crippen LogP contribution in [0, 0.1) is 13.8 Å². The average molecular weight is 310 g/mol.